The fraction of sp³-hybridized carbons (Fsp3) is 0.407. The van der Waals surface area contributed by atoms with Gasteiger partial charge in [0.15, 0.2) is 17.5 Å². The van der Waals surface area contributed by atoms with Gasteiger partial charge in [0, 0.05) is 44.4 Å². The van der Waals surface area contributed by atoms with E-state index in [4.69, 9.17) is 14.2 Å². The van der Waals surface area contributed by atoms with Crippen LogP contribution in [0.4, 0.5) is 24.7 Å². The molecule has 0 saturated carbocycles. The normalized spacial score (nSPS) is 19.2. The predicted molar refractivity (Wildman–Crippen MR) is 139 cm³/mol. The van der Waals surface area contributed by atoms with Crippen LogP contribution in [0.1, 0.15) is 34.4 Å². The zero-order valence-corrected chi connectivity index (χ0v) is 21.9. The molecule has 1 aromatic heterocycles. The maximum atomic E-state index is 14.2. The monoisotopic (exact) mass is 545 g/mol. The second-order valence-electron chi connectivity index (χ2n) is 9.44. The van der Waals surface area contributed by atoms with Crippen molar-refractivity contribution < 1.29 is 32.2 Å². The first-order valence-corrected chi connectivity index (χ1v) is 12.5. The average molecular weight is 546 g/mol. The number of benzene rings is 2. The van der Waals surface area contributed by atoms with Gasteiger partial charge in [0.2, 0.25) is 0 Å². The number of amides is 1. The Kier molecular flexibility index (Phi) is 7.19. The third kappa shape index (κ3) is 5.15. The highest BCUT2D eigenvalue weighted by Gasteiger charge is 2.47. The molecular weight excluding hydrogens is 515 g/mol. The number of fused-ring (bicyclic) bond motifs is 1. The molecule has 1 saturated heterocycles. The predicted octanol–water partition coefficient (Wildman–Crippen LogP) is 4.53. The van der Waals surface area contributed by atoms with Gasteiger partial charge in [-0.25, -0.2) is 4.68 Å². The summed E-state index contributed by atoms with van der Waals surface area (Å²) in [6, 6.07) is 10.1. The average Bonchev–Trinajstić information content (AvgIpc) is 3.39. The van der Waals surface area contributed by atoms with Crippen LogP contribution in [0.3, 0.4) is 0 Å². The number of alkyl halides is 3. The summed E-state index contributed by atoms with van der Waals surface area (Å²) >= 11 is 0. The van der Waals surface area contributed by atoms with Gasteiger partial charge in [-0.1, -0.05) is 12.1 Å². The molecule has 3 aromatic rings. The van der Waals surface area contributed by atoms with Gasteiger partial charge in [-0.2, -0.15) is 18.3 Å². The maximum Gasteiger partial charge on any atom is 0.410 e. The van der Waals surface area contributed by atoms with Crippen LogP contribution in [-0.4, -0.2) is 74.3 Å². The topological polar surface area (TPSA) is 81.1 Å². The standard InChI is InChI=1S/C27H30F3N5O4/c1-37-19-6-4-5-18(14-19)33-9-11-34(12-10-33)26(36)20-16-31-35-24(27(28,29)30)15-21(32-25(20)35)17-7-8-22(38-2)23(13-17)39-3/h4-8,13-14,16,21,24,32H,9-12,15H2,1-3H3. The fourth-order valence-electron chi connectivity index (χ4n) is 5.15. The van der Waals surface area contributed by atoms with Gasteiger partial charge in [-0.05, 0) is 29.8 Å². The molecule has 1 N–H and O–H groups in total. The molecule has 2 aliphatic heterocycles. The minimum atomic E-state index is -4.56. The highest BCUT2D eigenvalue weighted by molar-refractivity contribution is 5.99. The summed E-state index contributed by atoms with van der Waals surface area (Å²) in [6.45, 7) is 2.00. The van der Waals surface area contributed by atoms with Crippen LogP contribution >= 0.6 is 0 Å². The quantitative estimate of drug-likeness (QED) is 0.488. The van der Waals surface area contributed by atoms with E-state index in [2.05, 4.69) is 15.3 Å². The van der Waals surface area contributed by atoms with Crippen LogP contribution < -0.4 is 24.4 Å². The van der Waals surface area contributed by atoms with Gasteiger partial charge >= 0.3 is 6.18 Å². The molecule has 39 heavy (non-hydrogen) atoms. The van der Waals surface area contributed by atoms with E-state index in [1.54, 1.807) is 30.2 Å². The number of carbonyl (C=O) groups is 1. The molecular formula is C27H30F3N5O4. The van der Waals surface area contributed by atoms with Crippen molar-refractivity contribution in [1.82, 2.24) is 14.7 Å². The summed E-state index contributed by atoms with van der Waals surface area (Å²) < 4.78 is 59.3. The Balaban J connectivity index is 1.38. The minimum absolute atomic E-state index is 0.0589. The largest absolute Gasteiger partial charge is 0.497 e. The number of rotatable bonds is 6. The van der Waals surface area contributed by atoms with Crippen molar-refractivity contribution in [2.75, 3.05) is 57.7 Å². The number of halogens is 3. The number of piperazine rings is 1. The first kappa shape index (κ1) is 26.5. The molecule has 9 nitrogen and oxygen atoms in total. The lowest BCUT2D eigenvalue weighted by molar-refractivity contribution is -0.173. The summed E-state index contributed by atoms with van der Waals surface area (Å²) in [6.07, 6.45) is -3.62. The molecule has 1 fully saturated rings. The Hall–Kier alpha value is -4.09. The lowest BCUT2D eigenvalue weighted by Crippen LogP contribution is -2.49. The lowest BCUT2D eigenvalue weighted by atomic mass is 9.96. The molecule has 2 aliphatic rings. The van der Waals surface area contributed by atoms with Crippen LogP contribution in [-0.2, 0) is 0 Å². The summed E-state index contributed by atoms with van der Waals surface area (Å²) in [7, 11) is 4.56. The van der Waals surface area contributed by atoms with E-state index < -0.39 is 18.3 Å². The van der Waals surface area contributed by atoms with Gasteiger partial charge in [0.1, 0.15) is 17.1 Å². The van der Waals surface area contributed by atoms with Crippen molar-refractivity contribution in [3.05, 3.63) is 59.8 Å². The highest BCUT2D eigenvalue weighted by atomic mass is 19.4. The molecule has 1 amide bonds. The molecule has 12 heteroatoms. The number of ether oxygens (including phenoxy) is 3. The molecule has 0 spiro atoms. The lowest BCUT2D eigenvalue weighted by Gasteiger charge is -2.37. The third-order valence-corrected chi connectivity index (χ3v) is 7.26. The molecule has 2 atom stereocenters. The molecule has 3 heterocycles. The number of hydrogen-bond donors (Lipinski definition) is 1. The van der Waals surface area contributed by atoms with Crippen molar-refractivity contribution >= 4 is 17.4 Å². The van der Waals surface area contributed by atoms with Crippen LogP contribution in [0.5, 0.6) is 17.2 Å². The molecule has 0 aliphatic carbocycles. The number of hydrogen-bond acceptors (Lipinski definition) is 7. The molecule has 2 unspecified atom stereocenters. The van der Waals surface area contributed by atoms with Crippen LogP contribution in [0.25, 0.3) is 0 Å². The Morgan fingerprint density at radius 2 is 1.72 bits per heavy atom. The number of anilines is 2. The Morgan fingerprint density at radius 1 is 0.974 bits per heavy atom. The smallest absolute Gasteiger partial charge is 0.410 e. The second-order valence-corrected chi connectivity index (χ2v) is 9.44. The molecule has 0 bridgehead atoms. The Labute approximate surface area is 224 Å². The maximum absolute atomic E-state index is 14.2. The summed E-state index contributed by atoms with van der Waals surface area (Å²) in [4.78, 5) is 17.3. The first-order valence-electron chi connectivity index (χ1n) is 12.5. The van der Waals surface area contributed by atoms with Crippen molar-refractivity contribution in [2.45, 2.75) is 24.7 Å². The van der Waals surface area contributed by atoms with E-state index in [9.17, 15) is 18.0 Å². The van der Waals surface area contributed by atoms with Crippen molar-refractivity contribution in [3.63, 3.8) is 0 Å². The molecule has 2 aromatic carbocycles. The Morgan fingerprint density at radius 3 is 2.38 bits per heavy atom. The van der Waals surface area contributed by atoms with Crippen molar-refractivity contribution in [2.24, 2.45) is 0 Å². The van der Waals surface area contributed by atoms with E-state index >= 15 is 0 Å². The summed E-state index contributed by atoms with van der Waals surface area (Å²) in [5, 5.41) is 7.16. The molecule has 0 radical (unpaired) electrons. The summed E-state index contributed by atoms with van der Waals surface area (Å²) in [5.41, 5.74) is 1.68. The zero-order valence-electron chi connectivity index (χ0n) is 21.9. The van der Waals surface area contributed by atoms with E-state index in [0.717, 1.165) is 16.1 Å². The number of methoxy groups -OCH3 is 3. The molecule has 5 rings (SSSR count). The zero-order chi connectivity index (χ0) is 27.7. The number of aromatic nitrogens is 2. The van der Waals surface area contributed by atoms with E-state index in [1.807, 2.05) is 24.3 Å². The minimum Gasteiger partial charge on any atom is -0.497 e. The van der Waals surface area contributed by atoms with Gasteiger partial charge in [0.05, 0.1) is 33.6 Å². The van der Waals surface area contributed by atoms with Crippen LogP contribution in [0, 0.1) is 0 Å². The van der Waals surface area contributed by atoms with E-state index in [1.165, 1.54) is 20.4 Å². The van der Waals surface area contributed by atoms with Gasteiger partial charge in [-0.3, -0.25) is 4.79 Å². The van der Waals surface area contributed by atoms with E-state index in [0.29, 0.717) is 43.2 Å². The van der Waals surface area contributed by atoms with Crippen LogP contribution in [0.15, 0.2) is 48.7 Å². The number of carbonyl (C=O) groups excluding carboxylic acids is 1. The third-order valence-electron chi connectivity index (χ3n) is 7.26. The summed E-state index contributed by atoms with van der Waals surface area (Å²) in [5.74, 6) is 1.32. The number of nitrogens with one attached hydrogen (secondary N) is 1. The van der Waals surface area contributed by atoms with E-state index in [-0.39, 0.29) is 23.7 Å². The number of nitrogens with zero attached hydrogens (tertiary/aromatic N) is 4. The first-order chi connectivity index (χ1) is 18.7. The Bertz CT molecular complexity index is 1340. The fourth-order valence-corrected chi connectivity index (χ4v) is 5.15. The van der Waals surface area contributed by atoms with Gasteiger partial charge in [0.25, 0.3) is 5.91 Å². The van der Waals surface area contributed by atoms with Gasteiger partial charge in [-0.15, -0.1) is 0 Å². The molecule has 208 valence electrons. The highest BCUT2D eigenvalue weighted by Crippen LogP contribution is 2.45. The van der Waals surface area contributed by atoms with Crippen LogP contribution in [0.2, 0.25) is 0 Å². The van der Waals surface area contributed by atoms with Crippen molar-refractivity contribution in [3.8, 4) is 17.2 Å². The second kappa shape index (κ2) is 10.6. The van der Waals surface area contributed by atoms with Crippen molar-refractivity contribution in [1.29, 1.82) is 0 Å². The van der Waals surface area contributed by atoms with Gasteiger partial charge < -0.3 is 29.3 Å². The SMILES string of the molecule is COc1cccc(N2CCN(C(=O)c3cnn4c3NC(c3ccc(OC)c(OC)c3)CC4C(F)(F)F)CC2)c1.